The van der Waals surface area contributed by atoms with E-state index in [1.54, 1.807) is 22.3 Å². The number of rotatable bonds is 10. The molecule has 0 saturated carbocycles. The van der Waals surface area contributed by atoms with Crippen LogP contribution in [-0.2, 0) is 16.6 Å². The van der Waals surface area contributed by atoms with Gasteiger partial charge in [-0.2, -0.15) is 0 Å². The Labute approximate surface area is 306 Å². The molecule has 1 heterocycles. The fourth-order valence-corrected chi connectivity index (χ4v) is 19.1. The zero-order valence-electron chi connectivity index (χ0n) is 29.8. The molecule has 0 aromatic heterocycles. The Hall–Kier alpha value is -2.35. The average molecular weight is 712 g/mol. The van der Waals surface area contributed by atoms with Crippen LogP contribution >= 0.6 is 0 Å². The number of fused-ring (bicyclic) bond motifs is 2. The molecule has 250 valence electrons. The van der Waals surface area contributed by atoms with E-state index < -0.39 is 16.6 Å². The maximum Gasteiger partial charge on any atom is -1.00 e. The van der Waals surface area contributed by atoms with Gasteiger partial charge in [-0.05, 0) is 0 Å². The summed E-state index contributed by atoms with van der Waals surface area (Å²) in [6, 6.07) is 33.5. The van der Waals surface area contributed by atoms with E-state index in [4.69, 9.17) is 0 Å². The molecule has 3 aliphatic rings. The van der Waals surface area contributed by atoms with Crippen molar-refractivity contribution in [2.45, 2.75) is 103 Å². The summed E-state index contributed by atoms with van der Waals surface area (Å²) in [5.41, 5.74) is 18.4. The third-order valence-corrected chi connectivity index (χ3v) is 21.3. The molecule has 4 aromatic rings. The molecule has 2 aliphatic carbocycles. The summed E-state index contributed by atoms with van der Waals surface area (Å²) < 4.78 is 4.33. The molecular weight excluding hydrogens is 659 g/mol. The van der Waals surface area contributed by atoms with Crippen LogP contribution in [0.5, 0.6) is 0 Å². The van der Waals surface area contributed by atoms with Crippen molar-refractivity contribution < 1.29 is 41.4 Å². The zero-order chi connectivity index (χ0) is 32.0. The minimum atomic E-state index is -2.53. The maximum atomic E-state index is 2.67. The topological polar surface area (TPSA) is 0 Å². The van der Waals surface area contributed by atoms with Gasteiger partial charge in [0.05, 0.1) is 0 Å². The van der Waals surface area contributed by atoms with E-state index >= 15 is 0 Å². The van der Waals surface area contributed by atoms with E-state index in [2.05, 4.69) is 139 Å². The van der Waals surface area contributed by atoms with Crippen LogP contribution in [0.1, 0.15) is 127 Å². The van der Waals surface area contributed by atoms with Crippen LogP contribution in [0, 0.1) is 0 Å². The Morgan fingerprint density at radius 2 is 0.958 bits per heavy atom. The van der Waals surface area contributed by atoms with Gasteiger partial charge in [-0.15, -0.1) is 0 Å². The summed E-state index contributed by atoms with van der Waals surface area (Å²) in [7, 11) is 0. The normalized spacial score (nSPS) is 18.1. The second kappa shape index (κ2) is 15.3. The summed E-state index contributed by atoms with van der Waals surface area (Å²) in [5, 5.41) is 0. The molecule has 0 nitrogen and oxygen atoms in total. The van der Waals surface area contributed by atoms with Crippen LogP contribution in [0.25, 0.3) is 34.4 Å². The van der Waals surface area contributed by atoms with Crippen LogP contribution in [0.15, 0.2) is 96.1 Å². The van der Waals surface area contributed by atoms with E-state index in [0.29, 0.717) is 20.3 Å². The van der Waals surface area contributed by atoms with Gasteiger partial charge in [0.1, 0.15) is 0 Å². The van der Waals surface area contributed by atoms with Crippen molar-refractivity contribution in [1.29, 1.82) is 0 Å². The van der Waals surface area contributed by atoms with Crippen LogP contribution < -0.4 is 24.8 Å². The summed E-state index contributed by atoms with van der Waals surface area (Å²) in [5.74, 6) is 1.12. The molecule has 2 atom stereocenters. The standard InChI is InChI=1S/2C21H23.C3H6.2ClH.Ti/c2*1-4-6-16-13-19-7-5-8-20(21(19)14-16)18-11-9-17(10-12-18)15(2)3;1-3-2;;;/h2*5,7-15H,4,6H2,1-3H3;1-3H2;2*1H;/q;;;;;+2/p-2. The monoisotopic (exact) mass is 710 g/mol. The Morgan fingerprint density at radius 3 is 1.27 bits per heavy atom. The van der Waals surface area contributed by atoms with Crippen molar-refractivity contribution in [2.75, 3.05) is 0 Å². The molecule has 0 amide bonds. The molecule has 4 aromatic carbocycles. The number of allylic oxidation sites excluding steroid dienone is 2. The van der Waals surface area contributed by atoms with Crippen LogP contribution in [0.4, 0.5) is 0 Å². The molecule has 7 rings (SSSR count). The van der Waals surface area contributed by atoms with Gasteiger partial charge in [-0.1, -0.05) is 0 Å². The first-order chi connectivity index (χ1) is 22.4. The van der Waals surface area contributed by atoms with E-state index in [-0.39, 0.29) is 24.8 Å². The van der Waals surface area contributed by atoms with Crippen molar-refractivity contribution in [3.05, 3.63) is 129 Å². The second-order valence-corrected chi connectivity index (χ2v) is 22.3. The van der Waals surface area contributed by atoms with Crippen molar-refractivity contribution >= 4 is 12.2 Å². The molecule has 3 heteroatoms. The van der Waals surface area contributed by atoms with Crippen molar-refractivity contribution in [3.8, 4) is 22.3 Å². The summed E-state index contributed by atoms with van der Waals surface area (Å²) >= 11 is -2.53. The van der Waals surface area contributed by atoms with Crippen molar-refractivity contribution in [1.82, 2.24) is 0 Å². The summed E-state index contributed by atoms with van der Waals surface area (Å²) in [4.78, 5) is 0. The van der Waals surface area contributed by atoms with Crippen LogP contribution in [0.3, 0.4) is 0 Å². The van der Waals surface area contributed by atoms with E-state index in [1.807, 2.05) is 0 Å². The maximum absolute atomic E-state index is 2.67. The Bertz CT molecular complexity index is 1660. The number of hydrogen-bond donors (Lipinski definition) is 0. The first-order valence-electron chi connectivity index (χ1n) is 18.2. The molecule has 1 fully saturated rings. The van der Waals surface area contributed by atoms with Gasteiger partial charge in [-0.3, -0.25) is 0 Å². The molecule has 0 N–H and O–H groups in total. The molecule has 1 aliphatic heterocycles. The van der Waals surface area contributed by atoms with Crippen LogP contribution in [0.2, 0.25) is 9.45 Å². The summed E-state index contributed by atoms with van der Waals surface area (Å²) in [6.07, 6.45) is 11.7. The Balaban J connectivity index is 0.00000225. The summed E-state index contributed by atoms with van der Waals surface area (Å²) in [6.45, 7) is 13.9. The van der Waals surface area contributed by atoms with Gasteiger partial charge in [-0.25, -0.2) is 0 Å². The number of benzene rings is 4. The van der Waals surface area contributed by atoms with Gasteiger partial charge in [0.15, 0.2) is 0 Å². The first kappa shape index (κ1) is 36.9. The first-order valence-corrected chi connectivity index (χ1v) is 22.2. The van der Waals surface area contributed by atoms with Gasteiger partial charge in [0, 0.05) is 0 Å². The number of halogens is 2. The van der Waals surface area contributed by atoms with Crippen molar-refractivity contribution in [2.24, 2.45) is 0 Å². The predicted octanol–water partition coefficient (Wildman–Crippen LogP) is 7.85. The second-order valence-electron chi connectivity index (χ2n) is 15.1. The average Bonchev–Trinajstić information content (AvgIpc) is 3.60. The van der Waals surface area contributed by atoms with E-state index in [0.717, 1.165) is 0 Å². The fourth-order valence-electron chi connectivity index (χ4n) is 9.22. The van der Waals surface area contributed by atoms with Crippen LogP contribution in [-0.4, -0.2) is 0 Å². The molecule has 0 radical (unpaired) electrons. The smallest absolute Gasteiger partial charge is 1.00 e. The largest absolute Gasteiger partial charge is 1.00 e. The van der Waals surface area contributed by atoms with Gasteiger partial charge in [0.2, 0.25) is 0 Å². The molecule has 48 heavy (non-hydrogen) atoms. The third-order valence-electron chi connectivity index (χ3n) is 11.6. The molecule has 1 saturated heterocycles. The van der Waals surface area contributed by atoms with E-state index in [1.165, 1.54) is 86.1 Å². The minimum Gasteiger partial charge on any atom is -1.00 e. The number of hydrogen-bond acceptors (Lipinski definition) is 0. The third kappa shape index (κ3) is 6.37. The SMILES string of the molecule is CCCC1=Cc2c(-c3ccc(C(C)C)cc3)cccc2[CH]1[Ti+2]1([CH]2C(CCC)=Cc3c(-c4ccc(C(C)C)cc4)cccc32)[CH2]C[CH2]1.[Cl-].[Cl-]. The molecule has 0 spiro atoms. The fraction of sp³-hybridized carbons (Fsp3) is 0.378. The van der Waals surface area contributed by atoms with E-state index in [9.17, 15) is 0 Å². The van der Waals surface area contributed by atoms with Gasteiger partial charge in [0.25, 0.3) is 0 Å². The van der Waals surface area contributed by atoms with Gasteiger partial charge >= 0.3 is 284 Å². The quantitative estimate of drug-likeness (QED) is 0.147. The Morgan fingerprint density at radius 1 is 0.562 bits per heavy atom. The zero-order valence-corrected chi connectivity index (χ0v) is 32.8. The van der Waals surface area contributed by atoms with Crippen molar-refractivity contribution in [3.63, 3.8) is 0 Å². The molecule has 2 unspecified atom stereocenters. The Kier molecular flexibility index (Phi) is 11.7. The molecular formula is C45H52Cl2Ti. The minimum absolute atomic E-state index is 0. The van der Waals surface area contributed by atoms with Gasteiger partial charge < -0.3 is 24.8 Å². The predicted molar refractivity (Wildman–Crippen MR) is 197 cm³/mol. The molecule has 0 bridgehead atoms.